The van der Waals surface area contributed by atoms with Gasteiger partial charge < -0.3 is 10.2 Å². The molecule has 1 aromatic rings. The summed E-state index contributed by atoms with van der Waals surface area (Å²) in [6.07, 6.45) is -1.15. The summed E-state index contributed by atoms with van der Waals surface area (Å²) in [5.41, 5.74) is 2.59. The van der Waals surface area contributed by atoms with Gasteiger partial charge >= 0.3 is 5.97 Å². The summed E-state index contributed by atoms with van der Waals surface area (Å²) in [6, 6.07) is 5.63. The Morgan fingerprint density at radius 1 is 1.36 bits per heavy atom. The molecule has 0 fully saturated rings. The van der Waals surface area contributed by atoms with Gasteiger partial charge in [0.1, 0.15) is 0 Å². The Labute approximate surface area is 83.0 Å². The number of aliphatic carboxylic acids is 1. The smallest absolute Gasteiger partial charge is 0.306 e. The molecule has 0 aliphatic heterocycles. The number of carbonyl (C=O) groups is 1. The van der Waals surface area contributed by atoms with E-state index in [4.69, 9.17) is 5.11 Å². The van der Waals surface area contributed by atoms with Crippen LogP contribution in [0.2, 0.25) is 0 Å². The van der Waals surface area contributed by atoms with Crippen molar-refractivity contribution < 1.29 is 15.0 Å². The Bertz CT molecular complexity index is 324. The molecule has 14 heavy (non-hydrogen) atoms. The normalized spacial score (nSPS) is 12.5. The predicted octanol–water partition coefficient (Wildman–Crippen LogP) is 1.81. The van der Waals surface area contributed by atoms with Crippen LogP contribution in [0.25, 0.3) is 0 Å². The number of carboxylic acids is 1. The van der Waals surface area contributed by atoms with E-state index >= 15 is 0 Å². The first-order chi connectivity index (χ1) is 6.52. The molecule has 0 saturated heterocycles. The Morgan fingerprint density at radius 2 is 1.86 bits per heavy atom. The molecule has 76 valence electrons. The standard InChI is InChI=1S/C11H14O3/c1-7-4-3-5-8(2)11(7)9(12)6-10(13)14/h3-5,9,12H,6H2,1-2H3,(H,13,14). The fourth-order valence-corrected chi connectivity index (χ4v) is 1.62. The van der Waals surface area contributed by atoms with Crippen LogP contribution in [0.3, 0.4) is 0 Å². The molecule has 0 saturated carbocycles. The third kappa shape index (κ3) is 2.33. The highest BCUT2D eigenvalue weighted by Gasteiger charge is 2.15. The minimum atomic E-state index is -0.986. The minimum Gasteiger partial charge on any atom is -0.481 e. The van der Waals surface area contributed by atoms with Gasteiger partial charge in [-0.2, -0.15) is 0 Å². The zero-order chi connectivity index (χ0) is 10.7. The molecular formula is C11H14O3. The number of carboxylic acid groups (broad SMARTS) is 1. The molecule has 3 nitrogen and oxygen atoms in total. The maximum absolute atomic E-state index is 10.4. The van der Waals surface area contributed by atoms with E-state index in [2.05, 4.69) is 0 Å². The Hall–Kier alpha value is -1.35. The highest BCUT2D eigenvalue weighted by molar-refractivity contribution is 5.68. The van der Waals surface area contributed by atoms with Crippen LogP contribution >= 0.6 is 0 Å². The van der Waals surface area contributed by atoms with E-state index in [-0.39, 0.29) is 6.42 Å². The van der Waals surface area contributed by atoms with Gasteiger partial charge in [-0.1, -0.05) is 18.2 Å². The van der Waals surface area contributed by atoms with Crippen LogP contribution in [0.5, 0.6) is 0 Å². The number of aliphatic hydroxyl groups is 1. The molecule has 1 unspecified atom stereocenters. The van der Waals surface area contributed by atoms with E-state index in [1.165, 1.54) is 0 Å². The number of aryl methyl sites for hydroxylation is 2. The summed E-state index contributed by atoms with van der Waals surface area (Å²) in [5, 5.41) is 18.2. The largest absolute Gasteiger partial charge is 0.481 e. The molecule has 1 atom stereocenters. The second-order valence-electron chi connectivity index (χ2n) is 3.42. The summed E-state index contributed by atoms with van der Waals surface area (Å²) in [4.78, 5) is 10.4. The summed E-state index contributed by atoms with van der Waals surface area (Å²) < 4.78 is 0. The molecule has 0 heterocycles. The van der Waals surface area contributed by atoms with E-state index < -0.39 is 12.1 Å². The lowest BCUT2D eigenvalue weighted by molar-refractivity contribution is -0.139. The van der Waals surface area contributed by atoms with Crippen molar-refractivity contribution in [2.75, 3.05) is 0 Å². The van der Waals surface area contributed by atoms with Gasteiger partial charge in [0.25, 0.3) is 0 Å². The van der Waals surface area contributed by atoms with Crippen molar-refractivity contribution in [1.29, 1.82) is 0 Å². The van der Waals surface area contributed by atoms with Gasteiger partial charge in [-0.15, -0.1) is 0 Å². The van der Waals surface area contributed by atoms with Crippen LogP contribution in [0.4, 0.5) is 0 Å². The van der Waals surface area contributed by atoms with Gasteiger partial charge in [-0.05, 0) is 30.5 Å². The number of aliphatic hydroxyl groups excluding tert-OH is 1. The first kappa shape index (κ1) is 10.7. The van der Waals surface area contributed by atoms with E-state index in [0.717, 1.165) is 16.7 Å². The van der Waals surface area contributed by atoms with Crippen molar-refractivity contribution in [2.24, 2.45) is 0 Å². The number of hydrogen-bond donors (Lipinski definition) is 2. The monoisotopic (exact) mass is 194 g/mol. The first-order valence-corrected chi connectivity index (χ1v) is 4.48. The molecule has 0 radical (unpaired) electrons. The molecular weight excluding hydrogens is 180 g/mol. The number of rotatable bonds is 3. The number of benzene rings is 1. The second-order valence-corrected chi connectivity index (χ2v) is 3.42. The zero-order valence-electron chi connectivity index (χ0n) is 8.32. The summed E-state index contributed by atoms with van der Waals surface area (Å²) in [5.74, 6) is -0.986. The molecule has 0 aliphatic rings. The van der Waals surface area contributed by atoms with Gasteiger partial charge in [0.15, 0.2) is 0 Å². The maximum Gasteiger partial charge on any atom is 0.306 e. The molecule has 0 spiro atoms. The van der Waals surface area contributed by atoms with Crippen molar-refractivity contribution in [3.63, 3.8) is 0 Å². The molecule has 0 bridgehead atoms. The van der Waals surface area contributed by atoms with Crippen molar-refractivity contribution in [2.45, 2.75) is 26.4 Å². The summed E-state index contributed by atoms with van der Waals surface area (Å²) in [6.45, 7) is 3.74. The second kappa shape index (κ2) is 4.24. The highest BCUT2D eigenvalue weighted by Crippen LogP contribution is 2.23. The van der Waals surface area contributed by atoms with Crippen LogP contribution in [0.15, 0.2) is 18.2 Å². The van der Waals surface area contributed by atoms with Crippen molar-refractivity contribution in [1.82, 2.24) is 0 Å². The Balaban J connectivity index is 2.99. The first-order valence-electron chi connectivity index (χ1n) is 4.48. The average molecular weight is 194 g/mol. The topological polar surface area (TPSA) is 57.5 Å². The van der Waals surface area contributed by atoms with Crippen molar-refractivity contribution in [3.05, 3.63) is 34.9 Å². The van der Waals surface area contributed by atoms with Gasteiger partial charge in [-0.3, -0.25) is 4.79 Å². The fraction of sp³-hybridized carbons (Fsp3) is 0.364. The maximum atomic E-state index is 10.4. The van der Waals surface area contributed by atoms with Gasteiger partial charge in [0.05, 0.1) is 12.5 Å². The molecule has 0 aliphatic carbocycles. The zero-order valence-corrected chi connectivity index (χ0v) is 8.32. The summed E-state index contributed by atoms with van der Waals surface area (Å²) in [7, 11) is 0. The lowest BCUT2D eigenvalue weighted by atomic mass is 9.96. The molecule has 1 rings (SSSR count). The lowest BCUT2D eigenvalue weighted by Gasteiger charge is -2.14. The molecule has 1 aromatic carbocycles. The molecule has 0 amide bonds. The quantitative estimate of drug-likeness (QED) is 0.771. The Kier molecular flexibility index (Phi) is 3.25. The van der Waals surface area contributed by atoms with Gasteiger partial charge in [-0.25, -0.2) is 0 Å². The SMILES string of the molecule is Cc1cccc(C)c1C(O)CC(=O)O. The third-order valence-electron chi connectivity index (χ3n) is 2.24. The van der Waals surface area contributed by atoms with Crippen LogP contribution in [-0.4, -0.2) is 16.2 Å². The van der Waals surface area contributed by atoms with Crippen molar-refractivity contribution in [3.8, 4) is 0 Å². The average Bonchev–Trinajstić information content (AvgIpc) is 2.01. The van der Waals surface area contributed by atoms with E-state index in [0.29, 0.717) is 0 Å². The Morgan fingerprint density at radius 3 is 2.29 bits per heavy atom. The van der Waals surface area contributed by atoms with Crippen molar-refractivity contribution >= 4 is 5.97 Å². The van der Waals surface area contributed by atoms with Crippen LogP contribution < -0.4 is 0 Å². The fourth-order valence-electron chi connectivity index (χ4n) is 1.62. The number of hydrogen-bond acceptors (Lipinski definition) is 2. The van der Waals surface area contributed by atoms with Crippen LogP contribution in [0.1, 0.15) is 29.2 Å². The lowest BCUT2D eigenvalue weighted by Crippen LogP contribution is -2.08. The minimum absolute atomic E-state index is 0.244. The third-order valence-corrected chi connectivity index (χ3v) is 2.24. The van der Waals surface area contributed by atoms with Gasteiger partial charge in [0.2, 0.25) is 0 Å². The van der Waals surface area contributed by atoms with E-state index in [1.807, 2.05) is 32.0 Å². The molecule has 2 N–H and O–H groups in total. The van der Waals surface area contributed by atoms with E-state index in [9.17, 15) is 9.90 Å². The molecule has 0 aromatic heterocycles. The van der Waals surface area contributed by atoms with E-state index in [1.54, 1.807) is 0 Å². The highest BCUT2D eigenvalue weighted by atomic mass is 16.4. The molecule has 3 heteroatoms. The van der Waals surface area contributed by atoms with Crippen LogP contribution in [-0.2, 0) is 4.79 Å². The van der Waals surface area contributed by atoms with Crippen LogP contribution in [0, 0.1) is 13.8 Å². The summed E-state index contributed by atoms with van der Waals surface area (Å²) >= 11 is 0. The predicted molar refractivity (Wildman–Crippen MR) is 53.1 cm³/mol. The van der Waals surface area contributed by atoms with Gasteiger partial charge in [0, 0.05) is 0 Å².